The van der Waals surface area contributed by atoms with Crippen molar-refractivity contribution in [1.29, 1.82) is 0 Å². The lowest BCUT2D eigenvalue weighted by Crippen LogP contribution is -2.52. The van der Waals surface area contributed by atoms with Crippen LogP contribution in [-0.4, -0.2) is 56.7 Å². The van der Waals surface area contributed by atoms with Crippen LogP contribution in [0.25, 0.3) is 0 Å². The zero-order valence-corrected chi connectivity index (χ0v) is 12.4. The molecule has 6 heteroatoms. The van der Waals surface area contributed by atoms with Crippen molar-refractivity contribution in [2.45, 2.75) is 50.4 Å². The molecule has 1 amide bonds. The van der Waals surface area contributed by atoms with E-state index in [0.29, 0.717) is 13.1 Å². The topological polar surface area (TPSA) is 77.8 Å². The number of carboxylic acid groups (broad SMARTS) is 1. The van der Waals surface area contributed by atoms with Crippen LogP contribution in [0.15, 0.2) is 0 Å². The highest BCUT2D eigenvalue weighted by atomic mass is 32.2. The molecule has 1 aliphatic heterocycles. The molecular formula is C13H23NO4S. The Morgan fingerprint density at radius 2 is 1.95 bits per heavy atom. The Morgan fingerprint density at radius 1 is 1.37 bits per heavy atom. The molecule has 5 nitrogen and oxygen atoms in total. The fourth-order valence-electron chi connectivity index (χ4n) is 2.04. The predicted octanol–water partition coefficient (Wildman–Crippen LogP) is 1.35. The highest BCUT2D eigenvalue weighted by molar-refractivity contribution is 8.00. The molecular weight excluding hydrogens is 266 g/mol. The van der Waals surface area contributed by atoms with Crippen LogP contribution in [-0.2, 0) is 9.59 Å². The second-order valence-corrected chi connectivity index (χ2v) is 6.48. The number of carbonyl (C=O) groups is 2. The Bertz CT molecular complexity index is 327. The van der Waals surface area contributed by atoms with E-state index >= 15 is 0 Å². The summed E-state index contributed by atoms with van der Waals surface area (Å²) >= 11 is 1.64. The molecule has 1 heterocycles. The van der Waals surface area contributed by atoms with Gasteiger partial charge >= 0.3 is 5.97 Å². The molecule has 1 rings (SSSR count). The van der Waals surface area contributed by atoms with Crippen molar-refractivity contribution < 1.29 is 19.8 Å². The van der Waals surface area contributed by atoms with Crippen molar-refractivity contribution >= 4 is 23.6 Å². The molecule has 0 spiro atoms. The lowest BCUT2D eigenvalue weighted by molar-refractivity contribution is -0.165. The summed E-state index contributed by atoms with van der Waals surface area (Å²) in [6, 6.07) is 0. The molecule has 110 valence electrons. The molecule has 1 aliphatic rings. The van der Waals surface area contributed by atoms with Gasteiger partial charge in [0.15, 0.2) is 5.60 Å². The van der Waals surface area contributed by atoms with Crippen LogP contribution in [0.3, 0.4) is 0 Å². The van der Waals surface area contributed by atoms with Gasteiger partial charge in [0, 0.05) is 25.9 Å². The van der Waals surface area contributed by atoms with Crippen LogP contribution in [0.1, 0.15) is 39.5 Å². The smallest absolute Gasteiger partial charge is 0.335 e. The zero-order valence-electron chi connectivity index (χ0n) is 11.6. The van der Waals surface area contributed by atoms with Crippen molar-refractivity contribution in [1.82, 2.24) is 4.90 Å². The van der Waals surface area contributed by atoms with Gasteiger partial charge in [0.2, 0.25) is 5.91 Å². The van der Waals surface area contributed by atoms with Crippen molar-refractivity contribution in [3.05, 3.63) is 0 Å². The molecule has 0 bridgehead atoms. The van der Waals surface area contributed by atoms with Gasteiger partial charge in [-0.1, -0.05) is 13.3 Å². The Hall–Kier alpha value is -0.750. The van der Waals surface area contributed by atoms with Crippen LogP contribution in [0.2, 0.25) is 0 Å². The number of aliphatic carboxylic acids is 1. The van der Waals surface area contributed by atoms with Crippen molar-refractivity contribution in [2.24, 2.45) is 0 Å². The van der Waals surface area contributed by atoms with Crippen molar-refractivity contribution in [3.8, 4) is 0 Å². The number of nitrogens with zero attached hydrogens (tertiary/aromatic N) is 1. The first-order valence-corrected chi connectivity index (χ1v) is 7.81. The maximum atomic E-state index is 12.1. The summed E-state index contributed by atoms with van der Waals surface area (Å²) in [6.45, 7) is 4.64. The third-order valence-corrected chi connectivity index (χ3v) is 4.74. The number of unbranched alkanes of at least 4 members (excludes halogenated alkanes) is 1. The third-order valence-electron chi connectivity index (χ3n) is 3.51. The molecule has 1 fully saturated rings. The van der Waals surface area contributed by atoms with Crippen LogP contribution in [0.5, 0.6) is 0 Å². The maximum Gasteiger partial charge on any atom is 0.335 e. The van der Waals surface area contributed by atoms with Crippen molar-refractivity contribution in [3.63, 3.8) is 0 Å². The van der Waals surface area contributed by atoms with Gasteiger partial charge in [-0.2, -0.15) is 0 Å². The number of piperidine rings is 1. The van der Waals surface area contributed by atoms with E-state index in [-0.39, 0.29) is 24.0 Å². The zero-order chi connectivity index (χ0) is 14.5. The maximum absolute atomic E-state index is 12.1. The predicted molar refractivity (Wildman–Crippen MR) is 75.2 cm³/mol. The molecule has 1 atom stereocenters. The summed E-state index contributed by atoms with van der Waals surface area (Å²) < 4.78 is 0. The van der Waals surface area contributed by atoms with Crippen molar-refractivity contribution in [2.75, 3.05) is 18.8 Å². The van der Waals surface area contributed by atoms with E-state index in [9.17, 15) is 14.7 Å². The van der Waals surface area contributed by atoms with Crippen LogP contribution in [0.4, 0.5) is 0 Å². The second-order valence-electron chi connectivity index (χ2n) is 5.03. The van der Waals surface area contributed by atoms with Gasteiger partial charge in [-0.3, -0.25) is 4.79 Å². The van der Waals surface area contributed by atoms with Gasteiger partial charge in [0.05, 0.1) is 5.25 Å². The van der Waals surface area contributed by atoms with E-state index < -0.39 is 11.6 Å². The third kappa shape index (κ3) is 4.38. The minimum absolute atomic E-state index is 0.0496. The number of hydrogen-bond donors (Lipinski definition) is 2. The molecule has 0 aliphatic carbocycles. The second kappa shape index (κ2) is 7.14. The van der Waals surface area contributed by atoms with Crippen LogP contribution < -0.4 is 0 Å². The van der Waals surface area contributed by atoms with Gasteiger partial charge in [0.25, 0.3) is 0 Å². The fourth-order valence-corrected chi connectivity index (χ4v) is 3.14. The molecule has 19 heavy (non-hydrogen) atoms. The fraction of sp³-hybridized carbons (Fsp3) is 0.846. The normalized spacial score (nSPS) is 20.1. The number of rotatable bonds is 6. The van der Waals surface area contributed by atoms with E-state index in [4.69, 9.17) is 5.11 Å². The van der Waals surface area contributed by atoms with Crippen LogP contribution >= 0.6 is 11.8 Å². The van der Waals surface area contributed by atoms with Gasteiger partial charge in [-0.15, -0.1) is 11.8 Å². The average Bonchev–Trinajstić information content (AvgIpc) is 2.39. The van der Waals surface area contributed by atoms with Gasteiger partial charge in [-0.25, -0.2) is 4.79 Å². The minimum atomic E-state index is -1.66. The number of carboxylic acids is 1. The van der Waals surface area contributed by atoms with Gasteiger partial charge in [-0.05, 0) is 19.1 Å². The molecule has 0 saturated carbocycles. The quantitative estimate of drug-likeness (QED) is 0.722. The lowest BCUT2D eigenvalue weighted by Gasteiger charge is -2.36. The molecule has 0 aromatic heterocycles. The van der Waals surface area contributed by atoms with E-state index in [0.717, 1.165) is 18.6 Å². The Balaban J connectivity index is 2.42. The number of amides is 1. The van der Waals surface area contributed by atoms with E-state index in [2.05, 4.69) is 6.92 Å². The summed E-state index contributed by atoms with van der Waals surface area (Å²) in [5, 5.41) is 18.6. The summed E-state index contributed by atoms with van der Waals surface area (Å²) in [7, 11) is 0. The number of carbonyl (C=O) groups excluding carboxylic acids is 1. The van der Waals surface area contributed by atoms with Crippen LogP contribution in [0, 0.1) is 0 Å². The van der Waals surface area contributed by atoms with E-state index in [1.807, 2.05) is 6.92 Å². The SMILES string of the molecule is CCCCSC(C)C(=O)N1CCC(O)(C(=O)O)CC1. The Labute approximate surface area is 118 Å². The largest absolute Gasteiger partial charge is 0.479 e. The number of thioether (sulfide) groups is 1. The molecule has 1 unspecified atom stereocenters. The average molecular weight is 289 g/mol. The molecule has 1 saturated heterocycles. The molecule has 0 aromatic carbocycles. The Kier molecular flexibility index (Phi) is 6.13. The first-order valence-electron chi connectivity index (χ1n) is 6.77. The number of aliphatic hydroxyl groups is 1. The van der Waals surface area contributed by atoms with E-state index in [1.165, 1.54) is 0 Å². The Morgan fingerprint density at radius 3 is 2.42 bits per heavy atom. The highest BCUT2D eigenvalue weighted by Crippen LogP contribution is 2.24. The lowest BCUT2D eigenvalue weighted by atomic mass is 9.91. The molecule has 0 radical (unpaired) electrons. The minimum Gasteiger partial charge on any atom is -0.479 e. The van der Waals surface area contributed by atoms with Gasteiger partial charge in [0.1, 0.15) is 0 Å². The summed E-state index contributed by atoms with van der Waals surface area (Å²) in [5.41, 5.74) is -1.66. The summed E-state index contributed by atoms with van der Waals surface area (Å²) in [6.07, 6.45) is 2.44. The number of likely N-dealkylation sites (tertiary alicyclic amines) is 1. The van der Waals surface area contributed by atoms with Gasteiger partial charge < -0.3 is 15.1 Å². The summed E-state index contributed by atoms with van der Waals surface area (Å²) in [5.74, 6) is -0.172. The van der Waals surface area contributed by atoms with E-state index in [1.54, 1.807) is 16.7 Å². The molecule has 0 aromatic rings. The molecule has 2 N–H and O–H groups in total. The highest BCUT2D eigenvalue weighted by Gasteiger charge is 2.40. The standard InChI is InChI=1S/C13H23NO4S/c1-3-4-9-19-10(2)11(15)14-7-5-13(18,6-8-14)12(16)17/h10,18H,3-9H2,1-2H3,(H,16,17). The first kappa shape index (κ1) is 16.3. The number of hydrogen-bond acceptors (Lipinski definition) is 4. The monoisotopic (exact) mass is 289 g/mol. The summed E-state index contributed by atoms with van der Waals surface area (Å²) in [4.78, 5) is 24.7. The first-order chi connectivity index (χ1) is 8.90.